The van der Waals surface area contributed by atoms with Gasteiger partial charge in [0.25, 0.3) is 5.91 Å². The van der Waals surface area contributed by atoms with Crippen LogP contribution < -0.4 is 4.74 Å². The van der Waals surface area contributed by atoms with Crippen molar-refractivity contribution in [1.82, 2.24) is 9.80 Å². The van der Waals surface area contributed by atoms with Crippen molar-refractivity contribution in [3.05, 3.63) is 102 Å². The molecule has 2 aliphatic heterocycles. The van der Waals surface area contributed by atoms with Gasteiger partial charge in [0.2, 0.25) is 0 Å². The van der Waals surface area contributed by atoms with Crippen molar-refractivity contribution in [2.24, 2.45) is 5.92 Å². The summed E-state index contributed by atoms with van der Waals surface area (Å²) in [5.74, 6) is 0.148. The molecule has 0 aliphatic carbocycles. The van der Waals surface area contributed by atoms with Gasteiger partial charge >= 0.3 is 5.97 Å². The quantitative estimate of drug-likeness (QED) is 0.337. The van der Waals surface area contributed by atoms with Crippen LogP contribution in [0.25, 0.3) is 0 Å². The molecule has 3 aromatic rings. The highest BCUT2D eigenvalue weighted by atomic mass is 16.5. The molecule has 5 rings (SSSR count). The number of ether oxygens (including phenoxy) is 2. The average molecular weight is 527 g/mol. The maximum absolute atomic E-state index is 13.5. The summed E-state index contributed by atoms with van der Waals surface area (Å²) in [5.41, 5.74) is 3.01. The first kappa shape index (κ1) is 26.9. The molecule has 0 radical (unpaired) electrons. The van der Waals surface area contributed by atoms with Gasteiger partial charge in [-0.15, -0.1) is 0 Å². The summed E-state index contributed by atoms with van der Waals surface area (Å²) in [6.07, 6.45) is 4.14. The van der Waals surface area contributed by atoms with E-state index in [9.17, 15) is 9.59 Å². The van der Waals surface area contributed by atoms with Crippen LogP contribution in [0.1, 0.15) is 48.3 Å². The van der Waals surface area contributed by atoms with E-state index < -0.39 is 5.92 Å². The van der Waals surface area contributed by atoms with E-state index in [0.29, 0.717) is 18.3 Å². The highest BCUT2D eigenvalue weighted by molar-refractivity contribution is 5.82. The van der Waals surface area contributed by atoms with Gasteiger partial charge in [-0.1, -0.05) is 72.8 Å². The molecular formula is C33H38N2O4. The van der Waals surface area contributed by atoms with Gasteiger partial charge in [0.1, 0.15) is 11.7 Å². The number of esters is 1. The van der Waals surface area contributed by atoms with E-state index in [1.165, 1.54) is 5.56 Å². The van der Waals surface area contributed by atoms with Crippen LogP contribution in [-0.4, -0.2) is 61.1 Å². The van der Waals surface area contributed by atoms with Crippen molar-refractivity contribution in [1.29, 1.82) is 0 Å². The Labute approximate surface area is 231 Å². The van der Waals surface area contributed by atoms with Crippen molar-refractivity contribution in [3.63, 3.8) is 0 Å². The lowest BCUT2D eigenvalue weighted by Gasteiger charge is -2.32. The normalized spacial score (nSPS) is 17.1. The number of carbonyl (C=O) groups is 2. The first-order valence-corrected chi connectivity index (χ1v) is 14.1. The lowest BCUT2D eigenvalue weighted by atomic mass is 9.91. The third kappa shape index (κ3) is 7.48. The van der Waals surface area contributed by atoms with E-state index in [-0.39, 0.29) is 18.5 Å². The SMILES string of the molecule is O=C(OCC1CCN(Cc2ccccc2)CC1)C(c1ccccc1)c1cccc(OCC(=O)N2CCCC2)c1. The Hall–Kier alpha value is -3.64. The Bertz CT molecular complexity index is 1200. The number of likely N-dealkylation sites (tertiary alicyclic amines) is 2. The van der Waals surface area contributed by atoms with Crippen molar-refractivity contribution < 1.29 is 19.1 Å². The van der Waals surface area contributed by atoms with Crippen LogP contribution in [0.4, 0.5) is 0 Å². The summed E-state index contributed by atoms with van der Waals surface area (Å²) >= 11 is 0. The Morgan fingerprint density at radius 3 is 2.18 bits per heavy atom. The van der Waals surface area contributed by atoms with Crippen LogP contribution in [0.3, 0.4) is 0 Å². The molecule has 204 valence electrons. The molecule has 0 N–H and O–H groups in total. The maximum Gasteiger partial charge on any atom is 0.317 e. The van der Waals surface area contributed by atoms with E-state index in [1.54, 1.807) is 0 Å². The second kappa shape index (κ2) is 13.4. The molecule has 1 atom stereocenters. The minimum absolute atomic E-state index is 0.00624. The van der Waals surface area contributed by atoms with Crippen LogP contribution >= 0.6 is 0 Å². The number of hydrogen-bond acceptors (Lipinski definition) is 5. The van der Waals surface area contributed by atoms with Gasteiger partial charge in [0, 0.05) is 19.6 Å². The molecule has 2 aliphatic rings. The molecule has 3 aromatic carbocycles. The van der Waals surface area contributed by atoms with Crippen molar-refractivity contribution in [2.45, 2.75) is 38.1 Å². The number of benzene rings is 3. The van der Waals surface area contributed by atoms with Crippen LogP contribution in [0, 0.1) is 5.92 Å². The van der Waals surface area contributed by atoms with E-state index in [2.05, 4.69) is 29.2 Å². The molecule has 1 unspecified atom stereocenters. The van der Waals surface area contributed by atoms with E-state index in [0.717, 1.165) is 69.5 Å². The van der Waals surface area contributed by atoms with Crippen LogP contribution in [-0.2, 0) is 20.9 Å². The van der Waals surface area contributed by atoms with Gasteiger partial charge in [-0.2, -0.15) is 0 Å². The average Bonchev–Trinajstić information content (AvgIpc) is 3.53. The zero-order valence-corrected chi connectivity index (χ0v) is 22.5. The van der Waals surface area contributed by atoms with E-state index in [4.69, 9.17) is 9.47 Å². The molecule has 1 amide bonds. The summed E-state index contributed by atoms with van der Waals surface area (Å²) in [6.45, 7) is 5.02. The third-order valence-electron chi connectivity index (χ3n) is 7.80. The lowest BCUT2D eigenvalue weighted by molar-refractivity contribution is -0.146. The number of piperidine rings is 1. The summed E-state index contributed by atoms with van der Waals surface area (Å²) in [7, 11) is 0. The Morgan fingerprint density at radius 2 is 1.46 bits per heavy atom. The van der Waals surface area contributed by atoms with Gasteiger partial charge in [0.15, 0.2) is 6.61 Å². The molecule has 6 heteroatoms. The summed E-state index contributed by atoms with van der Waals surface area (Å²) in [6, 6.07) is 27.8. The van der Waals surface area contributed by atoms with Crippen molar-refractivity contribution >= 4 is 11.9 Å². The number of carbonyl (C=O) groups excluding carboxylic acids is 2. The second-order valence-electron chi connectivity index (χ2n) is 10.6. The largest absolute Gasteiger partial charge is 0.484 e. The lowest BCUT2D eigenvalue weighted by Crippen LogP contribution is -2.35. The molecule has 2 fully saturated rings. The van der Waals surface area contributed by atoms with Gasteiger partial charge in [-0.3, -0.25) is 14.5 Å². The zero-order valence-electron chi connectivity index (χ0n) is 22.5. The fraction of sp³-hybridized carbons (Fsp3) is 0.394. The number of nitrogens with zero attached hydrogens (tertiary/aromatic N) is 2. The zero-order chi connectivity index (χ0) is 26.9. The van der Waals surface area contributed by atoms with E-state index in [1.807, 2.05) is 65.6 Å². The van der Waals surface area contributed by atoms with Gasteiger partial charge in [0.05, 0.1) is 6.61 Å². The molecule has 6 nitrogen and oxygen atoms in total. The minimum atomic E-state index is -0.554. The smallest absolute Gasteiger partial charge is 0.317 e. The van der Waals surface area contributed by atoms with Crippen LogP contribution in [0.2, 0.25) is 0 Å². The maximum atomic E-state index is 13.5. The number of hydrogen-bond donors (Lipinski definition) is 0. The highest BCUT2D eigenvalue weighted by Gasteiger charge is 2.27. The highest BCUT2D eigenvalue weighted by Crippen LogP contribution is 2.30. The molecule has 0 saturated carbocycles. The van der Waals surface area contributed by atoms with Gasteiger partial charge in [-0.25, -0.2) is 0 Å². The summed E-state index contributed by atoms with van der Waals surface area (Å²) < 4.78 is 11.8. The Balaban J connectivity index is 1.19. The standard InChI is InChI=1S/C33H38N2O4/c36-31(35-18-7-8-19-35)25-38-30-15-9-14-29(22-30)32(28-12-5-2-6-13-28)33(37)39-24-27-16-20-34(21-17-27)23-26-10-3-1-4-11-26/h1-6,9-15,22,27,32H,7-8,16-21,23-25H2. The van der Waals surface area contributed by atoms with Crippen molar-refractivity contribution in [2.75, 3.05) is 39.4 Å². The Morgan fingerprint density at radius 1 is 0.795 bits per heavy atom. The predicted molar refractivity (Wildman–Crippen MR) is 151 cm³/mol. The monoisotopic (exact) mass is 526 g/mol. The molecule has 2 saturated heterocycles. The third-order valence-corrected chi connectivity index (χ3v) is 7.80. The summed E-state index contributed by atoms with van der Waals surface area (Å²) in [5, 5.41) is 0. The number of rotatable bonds is 10. The fourth-order valence-electron chi connectivity index (χ4n) is 5.53. The van der Waals surface area contributed by atoms with E-state index >= 15 is 0 Å². The summed E-state index contributed by atoms with van der Waals surface area (Å²) in [4.78, 5) is 30.3. The molecule has 39 heavy (non-hydrogen) atoms. The van der Waals surface area contributed by atoms with Gasteiger partial charge in [-0.05, 0) is 73.5 Å². The first-order valence-electron chi connectivity index (χ1n) is 14.1. The fourth-order valence-corrected chi connectivity index (χ4v) is 5.53. The topological polar surface area (TPSA) is 59.1 Å². The van der Waals surface area contributed by atoms with Crippen LogP contribution in [0.5, 0.6) is 5.75 Å². The first-order chi connectivity index (χ1) is 19.2. The number of amides is 1. The van der Waals surface area contributed by atoms with Crippen molar-refractivity contribution in [3.8, 4) is 5.75 Å². The molecule has 0 aromatic heterocycles. The molecule has 0 spiro atoms. The predicted octanol–water partition coefficient (Wildman–Crippen LogP) is 5.28. The molecule has 2 heterocycles. The van der Waals surface area contributed by atoms with Crippen LogP contribution in [0.15, 0.2) is 84.9 Å². The Kier molecular flexibility index (Phi) is 9.28. The van der Waals surface area contributed by atoms with Gasteiger partial charge < -0.3 is 14.4 Å². The molecular weight excluding hydrogens is 488 g/mol. The molecule has 0 bridgehead atoms. The second-order valence-corrected chi connectivity index (χ2v) is 10.6. The minimum Gasteiger partial charge on any atom is -0.484 e.